The maximum atomic E-state index is 11.9. The molecule has 242 valence electrons. The van der Waals surface area contributed by atoms with E-state index in [1.807, 2.05) is 0 Å². The fourth-order valence-electron chi connectivity index (χ4n) is 4.62. The van der Waals surface area contributed by atoms with Crippen LogP contribution in [0.1, 0.15) is 176 Å². The van der Waals surface area contributed by atoms with E-state index in [1.165, 1.54) is 89.9 Å². The molecule has 0 saturated heterocycles. The van der Waals surface area contributed by atoms with Crippen LogP contribution in [0.25, 0.3) is 0 Å². The Kier molecular flexibility index (Phi) is 34.9. The van der Waals surface area contributed by atoms with E-state index in [9.17, 15) is 9.46 Å². The Morgan fingerprint density at radius 2 is 0.975 bits per heavy atom. The molecule has 2 unspecified atom stereocenters. The molecule has 0 aliphatic rings. The van der Waals surface area contributed by atoms with E-state index >= 15 is 0 Å². The molecule has 0 heterocycles. The number of phosphoric ester groups is 1. The van der Waals surface area contributed by atoms with Crippen molar-refractivity contribution in [3.8, 4) is 0 Å². The first kappa shape index (κ1) is 41.9. The van der Waals surface area contributed by atoms with Gasteiger partial charge >= 0.3 is 7.82 Å². The summed E-state index contributed by atoms with van der Waals surface area (Å²) in [5, 5.41) is 0. The molecule has 0 aromatic heterocycles. The standard InChI is InChI=1S/C18H37N.C16H35O4P/c1-2-3-4-5-6-7-8-9-10-11-12-13-14-15-16-17-18-19;1-5-9-11-15(7-3)13-19-21(17,18)20-14-16(8-4)12-10-6-2/h9-10H,2-8,11-19H2,1H3;15-16H,5-14H2,1-4H3,(H,17,18)/b10-9-;. The number of unbranched alkanes of at least 4 members (excludes halogenated alkanes) is 14. The maximum Gasteiger partial charge on any atom is 0.472 e. The highest BCUT2D eigenvalue weighted by Crippen LogP contribution is 2.44. The maximum absolute atomic E-state index is 11.9. The molecule has 0 saturated carbocycles. The lowest BCUT2D eigenvalue weighted by molar-refractivity contribution is 0.110. The van der Waals surface area contributed by atoms with E-state index in [0.717, 1.165) is 57.9 Å². The number of allylic oxidation sites excluding steroid dienone is 2. The molecule has 5 nitrogen and oxygen atoms in total. The van der Waals surface area contributed by atoms with Gasteiger partial charge < -0.3 is 10.6 Å². The minimum absolute atomic E-state index is 0.316. The second kappa shape index (κ2) is 33.3. The number of rotatable bonds is 29. The van der Waals surface area contributed by atoms with Gasteiger partial charge in [-0.05, 0) is 63.3 Å². The van der Waals surface area contributed by atoms with Gasteiger partial charge in [0.25, 0.3) is 0 Å². The molecule has 0 radical (unpaired) electrons. The van der Waals surface area contributed by atoms with Crippen molar-refractivity contribution in [1.82, 2.24) is 0 Å². The highest BCUT2D eigenvalue weighted by Gasteiger charge is 2.24. The second-order valence-corrected chi connectivity index (χ2v) is 13.1. The van der Waals surface area contributed by atoms with E-state index in [1.54, 1.807) is 0 Å². The van der Waals surface area contributed by atoms with Crippen LogP contribution in [0.2, 0.25) is 0 Å². The molecule has 0 aromatic carbocycles. The molecule has 0 aliphatic carbocycles. The Balaban J connectivity index is 0. The normalized spacial score (nSPS) is 14.6. The summed E-state index contributed by atoms with van der Waals surface area (Å²) >= 11 is 0. The molecule has 0 aliphatic heterocycles. The first-order chi connectivity index (χ1) is 19.4. The summed E-state index contributed by atoms with van der Waals surface area (Å²) < 4.78 is 22.2. The molecule has 40 heavy (non-hydrogen) atoms. The van der Waals surface area contributed by atoms with Gasteiger partial charge in [0.05, 0.1) is 13.2 Å². The summed E-state index contributed by atoms with van der Waals surface area (Å²) in [7, 11) is -3.89. The van der Waals surface area contributed by atoms with Crippen molar-refractivity contribution in [1.29, 1.82) is 0 Å². The van der Waals surface area contributed by atoms with Crippen LogP contribution >= 0.6 is 7.82 Å². The summed E-state index contributed by atoms with van der Waals surface area (Å²) in [6.45, 7) is 12.2. The molecule has 0 fully saturated rings. The lowest BCUT2D eigenvalue weighted by Gasteiger charge is -2.20. The summed E-state index contributed by atoms with van der Waals surface area (Å²) in [5.74, 6) is 0.687. The third-order valence-corrected chi connectivity index (χ3v) is 8.70. The Morgan fingerprint density at radius 1 is 0.600 bits per heavy atom. The third-order valence-electron chi connectivity index (χ3n) is 7.75. The number of phosphoric acid groups is 1. The van der Waals surface area contributed by atoms with Crippen molar-refractivity contribution in [2.75, 3.05) is 19.8 Å². The molecule has 6 heteroatoms. The van der Waals surface area contributed by atoms with Crippen molar-refractivity contribution < 1.29 is 18.5 Å². The minimum Gasteiger partial charge on any atom is -0.330 e. The van der Waals surface area contributed by atoms with Crippen molar-refractivity contribution in [3.63, 3.8) is 0 Å². The van der Waals surface area contributed by atoms with E-state index in [2.05, 4.69) is 46.8 Å². The van der Waals surface area contributed by atoms with E-state index in [-0.39, 0.29) is 0 Å². The van der Waals surface area contributed by atoms with Crippen LogP contribution < -0.4 is 5.73 Å². The zero-order chi connectivity index (χ0) is 30.2. The van der Waals surface area contributed by atoms with Gasteiger partial charge in [-0.25, -0.2) is 4.57 Å². The molecule has 0 rings (SSSR count). The van der Waals surface area contributed by atoms with E-state index in [4.69, 9.17) is 14.8 Å². The van der Waals surface area contributed by atoms with Crippen molar-refractivity contribution in [3.05, 3.63) is 12.2 Å². The number of hydrogen-bond acceptors (Lipinski definition) is 4. The molecule has 0 spiro atoms. The topological polar surface area (TPSA) is 81.8 Å². The quantitative estimate of drug-likeness (QED) is 0.0515. The fourth-order valence-corrected chi connectivity index (χ4v) is 5.50. The van der Waals surface area contributed by atoms with Crippen LogP contribution in [-0.2, 0) is 13.6 Å². The van der Waals surface area contributed by atoms with Gasteiger partial charge in [0.1, 0.15) is 0 Å². The fraction of sp³-hybridized carbons (Fsp3) is 0.941. The first-order valence-corrected chi connectivity index (χ1v) is 18.9. The predicted molar refractivity (Wildman–Crippen MR) is 177 cm³/mol. The first-order valence-electron chi connectivity index (χ1n) is 17.4. The molecule has 2 atom stereocenters. The summed E-state index contributed by atoms with van der Waals surface area (Å²) in [6, 6.07) is 0. The lowest BCUT2D eigenvalue weighted by atomic mass is 10.0. The lowest BCUT2D eigenvalue weighted by Crippen LogP contribution is -2.12. The minimum atomic E-state index is -3.89. The van der Waals surface area contributed by atoms with Crippen LogP contribution in [0, 0.1) is 11.8 Å². The number of nitrogens with two attached hydrogens (primary N) is 1. The van der Waals surface area contributed by atoms with Crippen LogP contribution in [0.15, 0.2) is 12.2 Å². The molecule has 0 bridgehead atoms. The summed E-state index contributed by atoms with van der Waals surface area (Å²) in [4.78, 5) is 9.77. The van der Waals surface area contributed by atoms with Crippen molar-refractivity contribution in [2.24, 2.45) is 17.6 Å². The smallest absolute Gasteiger partial charge is 0.330 e. The summed E-state index contributed by atoms with van der Waals surface area (Å²) in [5.41, 5.74) is 5.47. The zero-order valence-corrected chi connectivity index (χ0v) is 28.6. The Labute approximate surface area is 251 Å². The van der Waals surface area contributed by atoms with E-state index < -0.39 is 7.82 Å². The van der Waals surface area contributed by atoms with Crippen LogP contribution in [0.3, 0.4) is 0 Å². The average molecular weight is 590 g/mol. The van der Waals surface area contributed by atoms with E-state index in [0.29, 0.717) is 25.0 Å². The Hall–Kier alpha value is -0.190. The monoisotopic (exact) mass is 590 g/mol. The van der Waals surface area contributed by atoms with Gasteiger partial charge in [0, 0.05) is 0 Å². The second-order valence-electron chi connectivity index (χ2n) is 11.6. The largest absolute Gasteiger partial charge is 0.472 e. The highest BCUT2D eigenvalue weighted by molar-refractivity contribution is 7.47. The van der Waals surface area contributed by atoms with Gasteiger partial charge in [-0.1, -0.05) is 143 Å². The molecule has 0 amide bonds. The predicted octanol–water partition coefficient (Wildman–Crippen LogP) is 11.5. The Morgan fingerprint density at radius 3 is 1.35 bits per heavy atom. The van der Waals surface area contributed by atoms with Crippen LogP contribution in [-0.4, -0.2) is 24.7 Å². The van der Waals surface area contributed by atoms with Crippen molar-refractivity contribution in [2.45, 2.75) is 176 Å². The van der Waals surface area contributed by atoms with Gasteiger partial charge in [0.2, 0.25) is 0 Å². The van der Waals surface area contributed by atoms with Crippen molar-refractivity contribution >= 4 is 7.82 Å². The van der Waals surface area contributed by atoms with Crippen LogP contribution in [0.4, 0.5) is 0 Å². The summed E-state index contributed by atoms with van der Waals surface area (Å²) in [6.07, 6.45) is 32.4. The van der Waals surface area contributed by atoms with Gasteiger partial charge in [-0.2, -0.15) is 0 Å². The molecular formula is C34H72NO4P. The number of hydrogen-bond donors (Lipinski definition) is 2. The van der Waals surface area contributed by atoms with Crippen LogP contribution in [0.5, 0.6) is 0 Å². The molecule has 0 aromatic rings. The molecular weight excluding hydrogens is 517 g/mol. The van der Waals surface area contributed by atoms with Gasteiger partial charge in [0.15, 0.2) is 0 Å². The third kappa shape index (κ3) is 32.3. The SMILES string of the molecule is CCCCC(CC)COP(=O)(O)OCC(CC)CCCC.CCCCCCCC/C=C\CCCCCCCCN. The average Bonchev–Trinajstić information content (AvgIpc) is 2.95. The molecule has 3 N–H and O–H groups in total. The van der Waals surface area contributed by atoms with Gasteiger partial charge in [-0.3, -0.25) is 9.05 Å². The Bertz CT molecular complexity index is 534. The zero-order valence-electron chi connectivity index (χ0n) is 27.7. The highest BCUT2D eigenvalue weighted by atomic mass is 31.2. The van der Waals surface area contributed by atoms with Gasteiger partial charge in [-0.15, -0.1) is 0 Å².